The van der Waals surface area contributed by atoms with E-state index in [-0.39, 0.29) is 24.9 Å². The van der Waals surface area contributed by atoms with E-state index in [4.69, 9.17) is 4.74 Å². The second-order valence-electron chi connectivity index (χ2n) is 5.53. The third-order valence-electron chi connectivity index (χ3n) is 3.87. The first-order valence-corrected chi connectivity index (χ1v) is 7.56. The standard InChI is InChI=1S/C18H18FNO3/c19-15-6-7-16-14(10-15)11-17(23-16)18(22)20(8-9-21)12-13-4-2-1-3-5-13/h1-7,10,17,21H,8-9,11-12H2. The Morgan fingerprint density at radius 2 is 2.04 bits per heavy atom. The van der Waals surface area contributed by atoms with Gasteiger partial charge in [0, 0.05) is 25.1 Å². The number of carbonyl (C=O) groups is 1. The SMILES string of the molecule is O=C(C1Cc2cc(F)ccc2O1)N(CCO)Cc1ccccc1. The van der Waals surface area contributed by atoms with Crippen LogP contribution in [0.15, 0.2) is 48.5 Å². The van der Waals surface area contributed by atoms with Gasteiger partial charge in [-0.2, -0.15) is 0 Å². The molecular weight excluding hydrogens is 297 g/mol. The van der Waals surface area contributed by atoms with Crippen LogP contribution < -0.4 is 4.74 Å². The Morgan fingerprint density at radius 1 is 1.26 bits per heavy atom. The predicted octanol–water partition coefficient (Wildman–Crippen LogP) is 2.15. The average Bonchev–Trinajstić information content (AvgIpc) is 2.98. The first-order valence-electron chi connectivity index (χ1n) is 7.56. The number of fused-ring (bicyclic) bond motifs is 1. The first-order chi connectivity index (χ1) is 11.2. The maximum Gasteiger partial charge on any atom is 0.264 e. The number of ether oxygens (including phenoxy) is 1. The Hall–Kier alpha value is -2.40. The summed E-state index contributed by atoms with van der Waals surface area (Å²) in [6, 6.07) is 13.8. The monoisotopic (exact) mass is 315 g/mol. The molecule has 1 amide bonds. The number of aliphatic hydroxyl groups excluding tert-OH is 1. The van der Waals surface area contributed by atoms with E-state index >= 15 is 0 Å². The topological polar surface area (TPSA) is 49.8 Å². The van der Waals surface area contributed by atoms with Crippen LogP contribution in [0.4, 0.5) is 4.39 Å². The molecule has 23 heavy (non-hydrogen) atoms. The smallest absolute Gasteiger partial charge is 0.264 e. The molecule has 1 unspecified atom stereocenters. The van der Waals surface area contributed by atoms with Crippen LogP contribution in [0.2, 0.25) is 0 Å². The summed E-state index contributed by atoms with van der Waals surface area (Å²) >= 11 is 0. The van der Waals surface area contributed by atoms with Gasteiger partial charge >= 0.3 is 0 Å². The highest BCUT2D eigenvalue weighted by atomic mass is 19.1. The van der Waals surface area contributed by atoms with Gasteiger partial charge in [-0.05, 0) is 23.8 Å². The Labute approximate surface area is 134 Å². The molecule has 1 aliphatic rings. The fraction of sp³-hybridized carbons (Fsp3) is 0.278. The summed E-state index contributed by atoms with van der Waals surface area (Å²) in [6.07, 6.45) is -0.315. The van der Waals surface area contributed by atoms with Crippen LogP contribution >= 0.6 is 0 Å². The molecule has 3 rings (SSSR count). The number of hydrogen-bond donors (Lipinski definition) is 1. The summed E-state index contributed by atoms with van der Waals surface area (Å²) in [4.78, 5) is 14.3. The first kappa shape index (κ1) is 15.5. The lowest BCUT2D eigenvalue weighted by Crippen LogP contribution is -2.42. The molecule has 1 atom stereocenters. The predicted molar refractivity (Wildman–Crippen MR) is 83.5 cm³/mol. The maximum atomic E-state index is 13.3. The number of amides is 1. The number of halogens is 1. The van der Waals surface area contributed by atoms with E-state index in [0.717, 1.165) is 5.56 Å². The lowest BCUT2D eigenvalue weighted by Gasteiger charge is -2.24. The largest absolute Gasteiger partial charge is 0.480 e. The van der Waals surface area contributed by atoms with Crippen molar-refractivity contribution in [1.29, 1.82) is 0 Å². The van der Waals surface area contributed by atoms with E-state index in [0.29, 0.717) is 24.3 Å². The van der Waals surface area contributed by atoms with Crippen molar-refractivity contribution >= 4 is 5.91 Å². The molecule has 4 nitrogen and oxygen atoms in total. The van der Waals surface area contributed by atoms with Crippen molar-refractivity contribution in [3.8, 4) is 5.75 Å². The number of carbonyl (C=O) groups excluding carboxylic acids is 1. The summed E-state index contributed by atoms with van der Waals surface area (Å²) in [5.41, 5.74) is 1.68. The molecule has 0 fully saturated rings. The van der Waals surface area contributed by atoms with Gasteiger partial charge in [0.2, 0.25) is 0 Å². The zero-order chi connectivity index (χ0) is 16.2. The number of aliphatic hydroxyl groups is 1. The number of hydrogen-bond acceptors (Lipinski definition) is 3. The zero-order valence-electron chi connectivity index (χ0n) is 12.6. The molecule has 0 saturated heterocycles. The highest BCUT2D eigenvalue weighted by molar-refractivity contribution is 5.82. The molecule has 0 aliphatic carbocycles. The molecular formula is C18H18FNO3. The molecule has 1 heterocycles. The molecule has 5 heteroatoms. The minimum absolute atomic E-state index is 0.118. The number of benzene rings is 2. The maximum absolute atomic E-state index is 13.3. The summed E-state index contributed by atoms with van der Waals surface area (Å²) in [5, 5.41) is 9.23. The van der Waals surface area contributed by atoms with Gasteiger partial charge < -0.3 is 14.7 Å². The van der Waals surface area contributed by atoms with Crippen molar-refractivity contribution in [3.63, 3.8) is 0 Å². The van der Waals surface area contributed by atoms with Crippen LogP contribution in [-0.2, 0) is 17.8 Å². The van der Waals surface area contributed by atoms with Crippen LogP contribution in [-0.4, -0.2) is 35.2 Å². The van der Waals surface area contributed by atoms with E-state index in [2.05, 4.69) is 0 Å². The quantitative estimate of drug-likeness (QED) is 0.920. The van der Waals surface area contributed by atoms with E-state index in [1.807, 2.05) is 30.3 Å². The normalized spacial score (nSPS) is 15.8. The Morgan fingerprint density at radius 3 is 2.78 bits per heavy atom. The van der Waals surface area contributed by atoms with Crippen molar-refractivity contribution in [1.82, 2.24) is 4.90 Å². The van der Waals surface area contributed by atoms with Gasteiger partial charge in [-0.15, -0.1) is 0 Å². The van der Waals surface area contributed by atoms with E-state index in [1.54, 1.807) is 11.0 Å². The molecule has 120 valence electrons. The molecule has 2 aromatic carbocycles. The van der Waals surface area contributed by atoms with Gasteiger partial charge in [0.15, 0.2) is 6.10 Å². The number of nitrogens with zero attached hydrogens (tertiary/aromatic N) is 1. The van der Waals surface area contributed by atoms with Gasteiger partial charge in [0.1, 0.15) is 11.6 Å². The van der Waals surface area contributed by atoms with Crippen LogP contribution in [0.1, 0.15) is 11.1 Å². The van der Waals surface area contributed by atoms with E-state index in [9.17, 15) is 14.3 Å². The van der Waals surface area contributed by atoms with Crippen LogP contribution in [0.3, 0.4) is 0 Å². The second-order valence-corrected chi connectivity index (χ2v) is 5.53. The van der Waals surface area contributed by atoms with Crippen LogP contribution in [0.5, 0.6) is 5.75 Å². The van der Waals surface area contributed by atoms with Crippen LogP contribution in [0.25, 0.3) is 0 Å². The van der Waals surface area contributed by atoms with Gasteiger partial charge in [-0.3, -0.25) is 4.79 Å². The molecule has 2 aromatic rings. The minimum atomic E-state index is -0.665. The third kappa shape index (κ3) is 3.51. The van der Waals surface area contributed by atoms with E-state index < -0.39 is 6.10 Å². The van der Waals surface area contributed by atoms with Gasteiger partial charge in [0.05, 0.1) is 6.61 Å². The lowest BCUT2D eigenvalue weighted by atomic mass is 10.1. The molecule has 0 spiro atoms. The fourth-order valence-corrected chi connectivity index (χ4v) is 2.75. The van der Waals surface area contributed by atoms with Crippen molar-refractivity contribution in [2.45, 2.75) is 19.1 Å². The molecule has 0 radical (unpaired) electrons. The van der Waals surface area contributed by atoms with Gasteiger partial charge in [-0.1, -0.05) is 30.3 Å². The van der Waals surface area contributed by atoms with Crippen molar-refractivity contribution in [3.05, 3.63) is 65.5 Å². The number of rotatable bonds is 5. The highest BCUT2D eigenvalue weighted by Gasteiger charge is 2.32. The summed E-state index contributed by atoms with van der Waals surface area (Å²) in [7, 11) is 0. The Bertz CT molecular complexity index is 690. The van der Waals surface area contributed by atoms with Crippen molar-refractivity contribution in [2.24, 2.45) is 0 Å². The Balaban J connectivity index is 1.72. The van der Waals surface area contributed by atoms with Gasteiger partial charge in [0.25, 0.3) is 5.91 Å². The summed E-state index contributed by atoms with van der Waals surface area (Å²) in [5.74, 6) is 0.0184. The zero-order valence-corrected chi connectivity index (χ0v) is 12.6. The van der Waals surface area contributed by atoms with Crippen molar-refractivity contribution < 1.29 is 19.0 Å². The summed E-state index contributed by atoms with van der Waals surface area (Å²) in [6.45, 7) is 0.524. The van der Waals surface area contributed by atoms with Gasteiger partial charge in [-0.25, -0.2) is 4.39 Å². The molecule has 0 saturated carbocycles. The molecule has 0 aromatic heterocycles. The second kappa shape index (κ2) is 6.79. The Kier molecular flexibility index (Phi) is 4.57. The van der Waals surface area contributed by atoms with Crippen molar-refractivity contribution in [2.75, 3.05) is 13.2 Å². The fourth-order valence-electron chi connectivity index (χ4n) is 2.75. The molecule has 1 N–H and O–H groups in total. The minimum Gasteiger partial charge on any atom is -0.480 e. The van der Waals surface area contributed by atoms with E-state index in [1.165, 1.54) is 12.1 Å². The third-order valence-corrected chi connectivity index (χ3v) is 3.87. The van der Waals surface area contributed by atoms with Crippen LogP contribution in [0, 0.1) is 5.82 Å². The molecule has 0 bridgehead atoms. The molecule has 1 aliphatic heterocycles. The summed E-state index contributed by atoms with van der Waals surface area (Å²) < 4.78 is 18.9. The lowest BCUT2D eigenvalue weighted by molar-refractivity contribution is -0.139. The highest BCUT2D eigenvalue weighted by Crippen LogP contribution is 2.30. The average molecular weight is 315 g/mol.